The van der Waals surface area contributed by atoms with Gasteiger partial charge in [-0.3, -0.25) is 0 Å². The second-order valence-electron chi connectivity index (χ2n) is 7.85. The SMILES string of the molecule is C[Si](C)(C)O[Si](C)(CCc1ccc(O)c(F)c1)O[Si](C)(C)C. The first kappa shape index (κ1) is 19.6. The van der Waals surface area contributed by atoms with E-state index in [0.29, 0.717) is 6.42 Å². The summed E-state index contributed by atoms with van der Waals surface area (Å²) >= 11 is 0. The summed E-state index contributed by atoms with van der Waals surface area (Å²) in [5.74, 6) is -0.876. The van der Waals surface area contributed by atoms with Crippen molar-refractivity contribution in [1.29, 1.82) is 0 Å². The Morgan fingerprint density at radius 1 is 0.955 bits per heavy atom. The lowest BCUT2D eigenvalue weighted by atomic mass is 10.1. The van der Waals surface area contributed by atoms with Crippen LogP contribution < -0.4 is 0 Å². The highest BCUT2D eigenvalue weighted by atomic mass is 28.5. The van der Waals surface area contributed by atoms with E-state index in [1.54, 1.807) is 6.07 Å². The van der Waals surface area contributed by atoms with Gasteiger partial charge in [0.1, 0.15) is 0 Å². The van der Waals surface area contributed by atoms with E-state index in [0.717, 1.165) is 11.6 Å². The van der Waals surface area contributed by atoms with Crippen LogP contribution in [-0.2, 0) is 14.7 Å². The number of phenols is 1. The normalized spacial score (nSPS) is 13.5. The maximum Gasteiger partial charge on any atom is 0.314 e. The Bertz CT molecular complexity index is 494. The zero-order chi connectivity index (χ0) is 17.2. The number of aromatic hydroxyl groups is 1. The highest BCUT2D eigenvalue weighted by Crippen LogP contribution is 2.26. The molecule has 0 unspecified atom stereocenters. The highest BCUT2D eigenvalue weighted by Gasteiger charge is 2.39. The second kappa shape index (κ2) is 6.96. The predicted octanol–water partition coefficient (Wildman–Crippen LogP) is 4.85. The summed E-state index contributed by atoms with van der Waals surface area (Å²) in [4.78, 5) is 0. The molecule has 0 radical (unpaired) electrons. The molecule has 0 aliphatic carbocycles. The van der Waals surface area contributed by atoms with E-state index < -0.39 is 31.0 Å². The maximum atomic E-state index is 13.5. The van der Waals surface area contributed by atoms with Crippen molar-refractivity contribution in [2.75, 3.05) is 0 Å². The lowest BCUT2D eigenvalue weighted by molar-refractivity contribution is 0.383. The fraction of sp³-hybridized carbons (Fsp3) is 0.600. The van der Waals surface area contributed by atoms with Crippen LogP contribution in [0.2, 0.25) is 51.9 Å². The first-order chi connectivity index (χ1) is 9.80. The highest BCUT2D eigenvalue weighted by molar-refractivity contribution is 6.87. The molecule has 7 heteroatoms. The Morgan fingerprint density at radius 2 is 1.45 bits per heavy atom. The Balaban J connectivity index is 2.86. The molecule has 0 atom stereocenters. The lowest BCUT2D eigenvalue weighted by Gasteiger charge is -2.38. The summed E-state index contributed by atoms with van der Waals surface area (Å²) in [5.41, 5.74) is 0.868. The molecule has 22 heavy (non-hydrogen) atoms. The summed E-state index contributed by atoms with van der Waals surface area (Å²) in [6, 6.07) is 5.36. The van der Waals surface area contributed by atoms with Crippen LogP contribution in [0.15, 0.2) is 18.2 Å². The molecule has 0 fully saturated rings. The summed E-state index contributed by atoms with van der Waals surface area (Å²) < 4.78 is 26.3. The van der Waals surface area contributed by atoms with Gasteiger partial charge >= 0.3 is 8.56 Å². The summed E-state index contributed by atoms with van der Waals surface area (Å²) in [6.45, 7) is 15.2. The van der Waals surface area contributed by atoms with Crippen LogP contribution >= 0.6 is 0 Å². The van der Waals surface area contributed by atoms with Crippen molar-refractivity contribution in [3.05, 3.63) is 29.6 Å². The number of phenolic OH excluding ortho intramolecular Hbond substituents is 1. The fourth-order valence-corrected chi connectivity index (χ4v) is 15.0. The first-order valence-electron chi connectivity index (χ1n) is 7.67. The zero-order valence-electron chi connectivity index (χ0n) is 14.8. The molecule has 0 spiro atoms. The molecule has 1 aromatic rings. The topological polar surface area (TPSA) is 38.7 Å². The van der Waals surface area contributed by atoms with Gasteiger partial charge in [0.2, 0.25) is 0 Å². The van der Waals surface area contributed by atoms with E-state index >= 15 is 0 Å². The van der Waals surface area contributed by atoms with Gasteiger partial charge in [-0.1, -0.05) is 6.07 Å². The smallest absolute Gasteiger partial charge is 0.314 e. The third-order valence-electron chi connectivity index (χ3n) is 2.92. The Morgan fingerprint density at radius 3 is 1.86 bits per heavy atom. The van der Waals surface area contributed by atoms with Gasteiger partial charge in [-0.15, -0.1) is 0 Å². The molecule has 0 aromatic heterocycles. The van der Waals surface area contributed by atoms with E-state index in [9.17, 15) is 9.50 Å². The minimum atomic E-state index is -2.30. The van der Waals surface area contributed by atoms with Crippen molar-refractivity contribution in [2.45, 2.75) is 58.3 Å². The molecule has 0 aliphatic heterocycles. The van der Waals surface area contributed by atoms with Gasteiger partial charge in [-0.05, 0) is 76.0 Å². The van der Waals surface area contributed by atoms with Crippen LogP contribution in [-0.4, -0.2) is 30.3 Å². The average molecular weight is 361 g/mol. The third kappa shape index (κ3) is 7.19. The molecule has 1 rings (SSSR count). The van der Waals surface area contributed by atoms with Crippen molar-refractivity contribution in [1.82, 2.24) is 0 Å². The molecule has 3 nitrogen and oxygen atoms in total. The van der Waals surface area contributed by atoms with Crippen molar-refractivity contribution in [3.8, 4) is 5.75 Å². The molecule has 0 amide bonds. The summed E-state index contributed by atoms with van der Waals surface area (Å²) in [5, 5.41) is 9.27. The fourth-order valence-electron chi connectivity index (χ4n) is 2.50. The van der Waals surface area contributed by atoms with Gasteiger partial charge in [0.15, 0.2) is 28.2 Å². The number of aryl methyl sites for hydroxylation is 1. The average Bonchev–Trinajstić information content (AvgIpc) is 2.26. The molecule has 126 valence electrons. The van der Waals surface area contributed by atoms with E-state index in [1.807, 2.05) is 0 Å². The monoisotopic (exact) mass is 360 g/mol. The minimum Gasteiger partial charge on any atom is -0.505 e. The molecule has 0 heterocycles. The number of hydrogen-bond donors (Lipinski definition) is 1. The Kier molecular flexibility index (Phi) is 6.19. The Hall–Kier alpha value is -0.479. The second-order valence-corrected chi connectivity index (χ2v) is 20.7. The van der Waals surface area contributed by atoms with E-state index in [2.05, 4.69) is 45.8 Å². The van der Waals surface area contributed by atoms with Gasteiger partial charge < -0.3 is 13.3 Å². The van der Waals surface area contributed by atoms with Crippen molar-refractivity contribution >= 4 is 25.2 Å². The van der Waals surface area contributed by atoms with Crippen LogP contribution in [0.3, 0.4) is 0 Å². The molecule has 0 aliphatic rings. The molecular formula is C15H29FO3Si3. The van der Waals surface area contributed by atoms with Crippen LogP contribution in [0, 0.1) is 5.82 Å². The quantitative estimate of drug-likeness (QED) is 0.707. The van der Waals surface area contributed by atoms with E-state index in [-0.39, 0.29) is 5.75 Å². The summed E-state index contributed by atoms with van der Waals surface area (Å²) in [7, 11) is -5.71. The van der Waals surface area contributed by atoms with Crippen LogP contribution in [0.25, 0.3) is 0 Å². The van der Waals surface area contributed by atoms with Crippen molar-refractivity contribution < 1.29 is 17.7 Å². The minimum absolute atomic E-state index is 0.305. The molecule has 0 saturated carbocycles. The van der Waals surface area contributed by atoms with E-state index in [1.165, 1.54) is 12.1 Å². The predicted molar refractivity (Wildman–Crippen MR) is 97.1 cm³/mol. The lowest BCUT2D eigenvalue weighted by Crippen LogP contribution is -2.52. The standard InChI is InChI=1S/C15H29FO3Si3/c1-20(2,3)18-22(7,19-21(4,5)6)11-10-13-8-9-15(17)14(16)12-13/h8-9,12,17H,10-11H2,1-7H3. The van der Waals surface area contributed by atoms with Gasteiger partial charge in [-0.25, -0.2) is 4.39 Å². The van der Waals surface area contributed by atoms with Gasteiger partial charge in [-0.2, -0.15) is 0 Å². The van der Waals surface area contributed by atoms with Crippen LogP contribution in [0.5, 0.6) is 5.75 Å². The van der Waals surface area contributed by atoms with Crippen molar-refractivity contribution in [3.63, 3.8) is 0 Å². The van der Waals surface area contributed by atoms with Crippen LogP contribution in [0.4, 0.5) is 4.39 Å². The summed E-state index contributed by atoms with van der Waals surface area (Å²) in [6.07, 6.45) is 0.703. The zero-order valence-corrected chi connectivity index (χ0v) is 17.8. The number of hydrogen-bond acceptors (Lipinski definition) is 3. The van der Waals surface area contributed by atoms with E-state index in [4.69, 9.17) is 8.23 Å². The maximum absolute atomic E-state index is 13.5. The first-order valence-corrected chi connectivity index (χ1v) is 17.0. The molecule has 0 saturated heterocycles. The molecule has 1 N–H and O–H groups in total. The number of rotatable bonds is 7. The van der Waals surface area contributed by atoms with Gasteiger partial charge in [0.05, 0.1) is 0 Å². The van der Waals surface area contributed by atoms with Gasteiger partial charge in [0, 0.05) is 0 Å². The Labute approximate surface area is 137 Å². The number of halogens is 1. The largest absolute Gasteiger partial charge is 0.505 e. The molecule has 0 bridgehead atoms. The van der Waals surface area contributed by atoms with Crippen molar-refractivity contribution in [2.24, 2.45) is 0 Å². The molecule has 1 aromatic carbocycles. The molecular weight excluding hydrogens is 331 g/mol. The third-order valence-corrected chi connectivity index (χ3v) is 12.4. The van der Waals surface area contributed by atoms with Crippen LogP contribution in [0.1, 0.15) is 5.56 Å². The van der Waals surface area contributed by atoms with Gasteiger partial charge in [0.25, 0.3) is 0 Å². The number of benzene rings is 1.